The summed E-state index contributed by atoms with van der Waals surface area (Å²) in [5, 5.41) is 3.41. The topological polar surface area (TPSA) is 24.5 Å². The number of nitrogens with zero attached hydrogens (tertiary/aromatic N) is 1. The van der Waals surface area contributed by atoms with Crippen LogP contribution in [0.1, 0.15) is 18.4 Å². The van der Waals surface area contributed by atoms with Crippen molar-refractivity contribution in [1.82, 2.24) is 10.2 Å². The molecule has 3 nitrogen and oxygen atoms in total. The summed E-state index contributed by atoms with van der Waals surface area (Å²) in [7, 11) is 1.59. The van der Waals surface area contributed by atoms with Gasteiger partial charge in [-0.25, -0.2) is 0 Å². The Hall–Kier alpha value is -1.50. The first-order chi connectivity index (χ1) is 10.4. The molecule has 1 saturated heterocycles. The van der Waals surface area contributed by atoms with Crippen molar-refractivity contribution >= 4 is 17.3 Å². The molecule has 1 N–H and O–H groups in total. The molecule has 1 aliphatic heterocycles. The number of benzene rings is 1. The van der Waals surface area contributed by atoms with E-state index in [4.69, 9.17) is 17.0 Å². The van der Waals surface area contributed by atoms with Crippen molar-refractivity contribution in [2.45, 2.75) is 25.6 Å². The summed E-state index contributed by atoms with van der Waals surface area (Å²) < 4.78 is 43.5. The first-order valence-corrected chi connectivity index (χ1v) is 7.53. The fraction of sp³-hybridized carbons (Fsp3) is 0.533. The molecule has 0 bridgehead atoms. The van der Waals surface area contributed by atoms with Crippen molar-refractivity contribution in [2.24, 2.45) is 5.92 Å². The summed E-state index contributed by atoms with van der Waals surface area (Å²) in [6, 6.07) is 7.45. The van der Waals surface area contributed by atoms with Gasteiger partial charge in [0.1, 0.15) is 5.75 Å². The molecule has 0 unspecified atom stereocenters. The molecule has 1 aromatic rings. The predicted octanol–water partition coefficient (Wildman–Crippen LogP) is 3.34. The molecule has 0 radical (unpaired) electrons. The predicted molar refractivity (Wildman–Crippen MR) is 82.8 cm³/mol. The maximum absolute atomic E-state index is 12.8. The molecule has 1 fully saturated rings. The lowest BCUT2D eigenvalue weighted by Gasteiger charge is -2.35. The van der Waals surface area contributed by atoms with Crippen LogP contribution < -0.4 is 10.1 Å². The fourth-order valence-electron chi connectivity index (χ4n) is 2.46. The fourth-order valence-corrected chi connectivity index (χ4v) is 2.70. The van der Waals surface area contributed by atoms with Crippen LogP contribution in [0.4, 0.5) is 13.2 Å². The normalized spacial score (nSPS) is 18.9. The van der Waals surface area contributed by atoms with E-state index in [0.717, 1.165) is 11.3 Å². The Morgan fingerprint density at radius 1 is 1.36 bits per heavy atom. The number of likely N-dealkylation sites (tertiary alicyclic amines) is 1. The molecule has 1 aromatic carbocycles. The van der Waals surface area contributed by atoms with Gasteiger partial charge in [0.15, 0.2) is 5.11 Å². The quantitative estimate of drug-likeness (QED) is 0.858. The molecule has 2 rings (SSSR count). The maximum Gasteiger partial charge on any atom is 0.393 e. The van der Waals surface area contributed by atoms with Crippen LogP contribution in [0.3, 0.4) is 0 Å². The number of thiocarbonyl (C=S) groups is 1. The van der Waals surface area contributed by atoms with Crippen molar-refractivity contribution in [3.05, 3.63) is 29.8 Å². The van der Waals surface area contributed by atoms with Crippen molar-refractivity contribution in [2.75, 3.05) is 20.2 Å². The summed E-state index contributed by atoms with van der Waals surface area (Å²) >= 11 is 5.22. The summed E-state index contributed by atoms with van der Waals surface area (Å²) in [6.07, 6.45) is -3.46. The van der Waals surface area contributed by atoms with Crippen LogP contribution in [0.25, 0.3) is 0 Å². The Labute approximate surface area is 133 Å². The van der Waals surface area contributed by atoms with Gasteiger partial charge in [-0.15, -0.1) is 0 Å². The molecule has 0 spiro atoms. The summed E-state index contributed by atoms with van der Waals surface area (Å²) in [4.78, 5) is 1.61. The molecule has 0 aromatic heterocycles. The summed E-state index contributed by atoms with van der Waals surface area (Å²) in [6.45, 7) is 0.995. The Morgan fingerprint density at radius 3 is 2.64 bits per heavy atom. The zero-order chi connectivity index (χ0) is 16.2. The van der Waals surface area contributed by atoms with E-state index in [1.165, 1.54) is 0 Å². The van der Waals surface area contributed by atoms with Crippen LogP contribution in [-0.2, 0) is 6.54 Å². The average Bonchev–Trinajstić information content (AvgIpc) is 2.52. The van der Waals surface area contributed by atoms with Crippen LogP contribution in [0.5, 0.6) is 5.75 Å². The number of alkyl halides is 3. The average molecular weight is 332 g/mol. The SMILES string of the molecule is COc1ccc(CNC(=S)N2CCC[C@H](C(F)(F)F)C2)cc1. The van der Waals surface area contributed by atoms with Gasteiger partial charge in [0.05, 0.1) is 13.0 Å². The molecule has 1 atom stereocenters. The van der Waals surface area contributed by atoms with Crippen molar-refractivity contribution in [1.29, 1.82) is 0 Å². The lowest BCUT2D eigenvalue weighted by atomic mass is 9.98. The van der Waals surface area contributed by atoms with Crippen molar-refractivity contribution in [3.63, 3.8) is 0 Å². The zero-order valence-electron chi connectivity index (χ0n) is 12.3. The van der Waals surface area contributed by atoms with E-state index in [1.54, 1.807) is 12.0 Å². The van der Waals surface area contributed by atoms with Crippen LogP contribution in [0, 0.1) is 5.92 Å². The summed E-state index contributed by atoms with van der Waals surface area (Å²) in [5.74, 6) is -0.530. The number of methoxy groups -OCH3 is 1. The maximum atomic E-state index is 12.8. The first kappa shape index (κ1) is 16.9. The van der Waals surface area contributed by atoms with Crippen molar-refractivity contribution < 1.29 is 17.9 Å². The zero-order valence-corrected chi connectivity index (χ0v) is 13.1. The molecular formula is C15H19F3N2OS. The molecule has 0 amide bonds. The van der Waals surface area contributed by atoms with E-state index >= 15 is 0 Å². The van der Waals surface area contributed by atoms with Gasteiger partial charge in [0, 0.05) is 19.6 Å². The second-order valence-corrected chi connectivity index (χ2v) is 5.72. The van der Waals surface area contributed by atoms with Crippen LogP contribution in [0.15, 0.2) is 24.3 Å². The van der Waals surface area contributed by atoms with Crippen molar-refractivity contribution in [3.8, 4) is 5.75 Å². The Morgan fingerprint density at radius 2 is 2.05 bits per heavy atom. The standard InChI is InChI=1S/C15H19F3N2OS/c1-21-13-6-4-11(5-7-13)9-19-14(22)20-8-2-3-12(10-20)15(16,17)18/h4-7,12H,2-3,8-10H2,1H3,(H,19,22)/t12-/m0/s1. The lowest BCUT2D eigenvalue weighted by molar-refractivity contribution is -0.183. The highest BCUT2D eigenvalue weighted by Crippen LogP contribution is 2.33. The second kappa shape index (κ2) is 7.17. The van der Waals surface area contributed by atoms with E-state index in [9.17, 15) is 13.2 Å². The largest absolute Gasteiger partial charge is 0.497 e. The molecular weight excluding hydrogens is 313 g/mol. The molecule has 7 heteroatoms. The number of ether oxygens (including phenoxy) is 1. The van der Waals surface area contributed by atoms with E-state index < -0.39 is 12.1 Å². The van der Waals surface area contributed by atoms with Gasteiger partial charge >= 0.3 is 6.18 Å². The minimum atomic E-state index is -4.15. The van der Waals surface area contributed by atoms with Crippen LogP contribution in [-0.4, -0.2) is 36.4 Å². The van der Waals surface area contributed by atoms with E-state index in [0.29, 0.717) is 24.6 Å². The number of hydrogen-bond acceptors (Lipinski definition) is 2. The highest BCUT2D eigenvalue weighted by atomic mass is 32.1. The lowest BCUT2D eigenvalue weighted by Crippen LogP contribution is -2.48. The van der Waals surface area contributed by atoms with Crippen LogP contribution >= 0.6 is 12.2 Å². The Balaban J connectivity index is 1.86. The molecule has 0 saturated carbocycles. The van der Waals surface area contributed by atoms with E-state index in [-0.39, 0.29) is 13.0 Å². The van der Waals surface area contributed by atoms with Gasteiger partial charge in [-0.3, -0.25) is 0 Å². The van der Waals surface area contributed by atoms with Gasteiger partial charge in [-0.1, -0.05) is 12.1 Å². The minimum Gasteiger partial charge on any atom is -0.497 e. The second-order valence-electron chi connectivity index (χ2n) is 5.33. The number of hydrogen-bond donors (Lipinski definition) is 1. The molecule has 1 aliphatic rings. The van der Waals surface area contributed by atoms with E-state index in [2.05, 4.69) is 5.32 Å². The smallest absolute Gasteiger partial charge is 0.393 e. The number of halogens is 3. The first-order valence-electron chi connectivity index (χ1n) is 7.12. The Kier molecular flexibility index (Phi) is 5.50. The molecule has 1 heterocycles. The number of rotatable bonds is 3. The Bertz CT molecular complexity index is 505. The number of nitrogens with one attached hydrogen (secondary N) is 1. The van der Waals surface area contributed by atoms with Gasteiger partial charge in [0.25, 0.3) is 0 Å². The van der Waals surface area contributed by atoms with Gasteiger partial charge in [-0.05, 0) is 42.8 Å². The third kappa shape index (κ3) is 4.50. The highest BCUT2D eigenvalue weighted by molar-refractivity contribution is 7.80. The number of piperidine rings is 1. The molecule has 22 heavy (non-hydrogen) atoms. The van der Waals surface area contributed by atoms with Gasteiger partial charge < -0.3 is 15.0 Å². The third-order valence-corrected chi connectivity index (χ3v) is 4.18. The summed E-state index contributed by atoms with van der Waals surface area (Å²) in [5.41, 5.74) is 0.993. The van der Waals surface area contributed by atoms with E-state index in [1.807, 2.05) is 24.3 Å². The van der Waals surface area contributed by atoms with Crippen LogP contribution in [0.2, 0.25) is 0 Å². The van der Waals surface area contributed by atoms with Gasteiger partial charge in [-0.2, -0.15) is 13.2 Å². The molecule has 0 aliphatic carbocycles. The monoisotopic (exact) mass is 332 g/mol. The highest BCUT2D eigenvalue weighted by Gasteiger charge is 2.42. The molecule has 122 valence electrons. The third-order valence-electron chi connectivity index (χ3n) is 3.77. The van der Waals surface area contributed by atoms with Gasteiger partial charge in [0.2, 0.25) is 0 Å². The minimum absolute atomic E-state index is 0.0576.